The smallest absolute Gasteiger partial charge is 0.105 e. The summed E-state index contributed by atoms with van der Waals surface area (Å²) in [5.74, 6) is 0. The van der Waals surface area contributed by atoms with Crippen LogP contribution in [-0.4, -0.2) is 43.9 Å². The van der Waals surface area contributed by atoms with Gasteiger partial charge in [0.1, 0.15) is 6.10 Å². The van der Waals surface area contributed by atoms with E-state index < -0.39 is 6.10 Å². The summed E-state index contributed by atoms with van der Waals surface area (Å²) >= 11 is 0. The Morgan fingerprint density at radius 1 is 1.57 bits per heavy atom. The van der Waals surface area contributed by atoms with Gasteiger partial charge in [-0.15, -0.1) is 0 Å². The molecule has 0 radical (unpaired) electrons. The molecule has 1 N–H and O–H groups in total. The molecule has 0 fully saturated rings. The van der Waals surface area contributed by atoms with Crippen molar-refractivity contribution in [2.24, 2.45) is 0 Å². The molecule has 0 amide bonds. The number of hydrogen-bond donors (Lipinski definition) is 1. The fraction of sp³-hybridized carbons (Fsp3) is 0.600. The first kappa shape index (κ1) is 11.2. The second-order valence-corrected chi connectivity index (χ2v) is 3.45. The number of ether oxygens (including phenoxy) is 1. The normalized spacial score (nSPS) is 13.4. The highest BCUT2D eigenvalue weighted by atomic mass is 16.5. The van der Waals surface area contributed by atoms with Crippen LogP contribution in [-0.2, 0) is 4.74 Å². The first-order valence-corrected chi connectivity index (χ1v) is 4.63. The highest BCUT2D eigenvalue weighted by Gasteiger charge is 2.08. The quantitative estimate of drug-likeness (QED) is 0.691. The van der Waals surface area contributed by atoms with Crippen molar-refractivity contribution in [1.29, 1.82) is 0 Å². The molecule has 0 saturated heterocycles. The molecule has 1 atom stereocenters. The molecule has 1 rings (SSSR count). The van der Waals surface area contributed by atoms with Gasteiger partial charge in [-0.05, 0) is 20.2 Å². The Morgan fingerprint density at radius 2 is 2.36 bits per heavy atom. The predicted octanol–water partition coefficient (Wildman–Crippen LogP) is 0.891. The fourth-order valence-corrected chi connectivity index (χ4v) is 1.00. The van der Waals surface area contributed by atoms with Crippen LogP contribution in [0.4, 0.5) is 0 Å². The number of rotatable bonds is 6. The van der Waals surface area contributed by atoms with E-state index in [1.807, 2.05) is 19.0 Å². The molecule has 0 spiro atoms. The molecule has 0 aliphatic heterocycles. The van der Waals surface area contributed by atoms with Crippen molar-refractivity contribution in [3.63, 3.8) is 0 Å². The lowest BCUT2D eigenvalue weighted by Gasteiger charge is -2.12. The lowest BCUT2D eigenvalue weighted by molar-refractivity contribution is 0.0304. The van der Waals surface area contributed by atoms with E-state index in [2.05, 4.69) is 0 Å². The van der Waals surface area contributed by atoms with Gasteiger partial charge in [0.25, 0.3) is 0 Å². The third-order valence-corrected chi connectivity index (χ3v) is 1.89. The minimum atomic E-state index is -0.587. The van der Waals surface area contributed by atoms with Crippen molar-refractivity contribution in [3.8, 4) is 0 Å². The second kappa shape index (κ2) is 5.80. The van der Waals surface area contributed by atoms with Crippen LogP contribution in [0.5, 0.6) is 0 Å². The third-order valence-electron chi connectivity index (χ3n) is 1.89. The molecule has 1 unspecified atom stereocenters. The number of likely N-dealkylation sites (N-methyl/N-ethyl adjacent to an activating group) is 1. The van der Waals surface area contributed by atoms with Crippen LogP contribution in [0.1, 0.15) is 11.7 Å². The molecule has 0 aliphatic carbocycles. The maximum absolute atomic E-state index is 9.58. The minimum absolute atomic E-state index is 0.313. The summed E-state index contributed by atoms with van der Waals surface area (Å²) in [5, 5.41) is 9.58. The number of aliphatic hydroxyl groups is 1. The van der Waals surface area contributed by atoms with E-state index in [4.69, 9.17) is 9.15 Å². The van der Waals surface area contributed by atoms with Crippen LogP contribution in [0.3, 0.4) is 0 Å². The van der Waals surface area contributed by atoms with Gasteiger partial charge in [0, 0.05) is 12.1 Å². The lowest BCUT2D eigenvalue weighted by Crippen LogP contribution is -2.19. The Hall–Kier alpha value is -0.840. The van der Waals surface area contributed by atoms with Gasteiger partial charge in [-0.3, -0.25) is 0 Å². The first-order chi connectivity index (χ1) is 6.70. The summed E-state index contributed by atoms with van der Waals surface area (Å²) in [5.41, 5.74) is 0.759. The summed E-state index contributed by atoms with van der Waals surface area (Å²) in [6.07, 6.45) is 2.48. The largest absolute Gasteiger partial charge is 0.472 e. The molecule has 0 saturated carbocycles. The number of hydrogen-bond acceptors (Lipinski definition) is 4. The van der Waals surface area contributed by atoms with Crippen molar-refractivity contribution in [2.75, 3.05) is 33.9 Å². The zero-order valence-electron chi connectivity index (χ0n) is 8.64. The van der Waals surface area contributed by atoms with Crippen molar-refractivity contribution in [1.82, 2.24) is 4.90 Å². The van der Waals surface area contributed by atoms with Gasteiger partial charge >= 0.3 is 0 Å². The zero-order valence-corrected chi connectivity index (χ0v) is 8.64. The van der Waals surface area contributed by atoms with E-state index in [1.165, 1.54) is 6.26 Å². The molecule has 1 aromatic rings. The van der Waals surface area contributed by atoms with E-state index in [0.717, 1.165) is 12.1 Å². The number of furan rings is 1. The molecule has 1 aromatic heterocycles. The third kappa shape index (κ3) is 3.91. The summed E-state index contributed by atoms with van der Waals surface area (Å²) in [6.45, 7) is 1.80. The van der Waals surface area contributed by atoms with Crippen molar-refractivity contribution in [3.05, 3.63) is 24.2 Å². The molecule has 0 bridgehead atoms. The van der Waals surface area contributed by atoms with Gasteiger partial charge in [0.2, 0.25) is 0 Å². The molecule has 80 valence electrons. The van der Waals surface area contributed by atoms with Crippen LogP contribution in [0.2, 0.25) is 0 Å². The fourth-order valence-electron chi connectivity index (χ4n) is 1.00. The second-order valence-electron chi connectivity index (χ2n) is 3.45. The highest BCUT2D eigenvalue weighted by Crippen LogP contribution is 2.12. The Kier molecular flexibility index (Phi) is 4.65. The molecule has 4 heteroatoms. The minimum Gasteiger partial charge on any atom is -0.472 e. The molecule has 14 heavy (non-hydrogen) atoms. The summed E-state index contributed by atoms with van der Waals surface area (Å²) < 4.78 is 10.2. The van der Waals surface area contributed by atoms with E-state index >= 15 is 0 Å². The molecular formula is C10H17NO3. The van der Waals surface area contributed by atoms with Crippen LogP contribution in [0, 0.1) is 0 Å². The SMILES string of the molecule is CN(C)CCOCC(O)c1ccoc1. The van der Waals surface area contributed by atoms with Crippen molar-refractivity contribution >= 4 is 0 Å². The number of nitrogens with zero attached hydrogens (tertiary/aromatic N) is 1. The van der Waals surface area contributed by atoms with Gasteiger partial charge in [-0.1, -0.05) is 0 Å². The number of aliphatic hydroxyl groups excluding tert-OH is 1. The maximum atomic E-state index is 9.58. The van der Waals surface area contributed by atoms with Gasteiger partial charge < -0.3 is 19.2 Å². The van der Waals surface area contributed by atoms with E-state index in [9.17, 15) is 5.11 Å². The Balaban J connectivity index is 2.13. The molecule has 0 aliphatic rings. The van der Waals surface area contributed by atoms with Gasteiger partial charge in [0.05, 0.1) is 25.7 Å². The lowest BCUT2D eigenvalue weighted by atomic mass is 10.2. The highest BCUT2D eigenvalue weighted by molar-refractivity contribution is 5.08. The Morgan fingerprint density at radius 3 is 2.93 bits per heavy atom. The zero-order chi connectivity index (χ0) is 10.4. The Bertz CT molecular complexity index is 234. The van der Waals surface area contributed by atoms with Crippen LogP contribution in [0.15, 0.2) is 23.0 Å². The average Bonchev–Trinajstić information content (AvgIpc) is 2.64. The maximum Gasteiger partial charge on any atom is 0.105 e. The molecule has 1 heterocycles. The van der Waals surface area contributed by atoms with Crippen LogP contribution < -0.4 is 0 Å². The predicted molar refractivity (Wildman–Crippen MR) is 53.0 cm³/mol. The Labute approximate surface area is 84.1 Å². The molecule has 4 nitrogen and oxygen atoms in total. The van der Waals surface area contributed by atoms with Crippen LogP contribution >= 0.6 is 0 Å². The van der Waals surface area contributed by atoms with Gasteiger partial charge in [-0.2, -0.15) is 0 Å². The van der Waals surface area contributed by atoms with Crippen molar-refractivity contribution < 1.29 is 14.3 Å². The topological polar surface area (TPSA) is 45.8 Å². The van der Waals surface area contributed by atoms with Crippen LogP contribution in [0.25, 0.3) is 0 Å². The summed E-state index contributed by atoms with van der Waals surface area (Å²) in [4.78, 5) is 2.03. The average molecular weight is 199 g/mol. The van der Waals surface area contributed by atoms with Gasteiger partial charge in [-0.25, -0.2) is 0 Å². The van der Waals surface area contributed by atoms with E-state index in [1.54, 1.807) is 12.3 Å². The standard InChI is InChI=1S/C10H17NO3/c1-11(2)4-6-14-8-10(12)9-3-5-13-7-9/h3,5,7,10,12H,4,6,8H2,1-2H3. The van der Waals surface area contributed by atoms with E-state index in [0.29, 0.717) is 13.2 Å². The van der Waals surface area contributed by atoms with Gasteiger partial charge in [0.15, 0.2) is 0 Å². The van der Waals surface area contributed by atoms with Crippen molar-refractivity contribution in [2.45, 2.75) is 6.10 Å². The monoisotopic (exact) mass is 199 g/mol. The summed E-state index contributed by atoms with van der Waals surface area (Å²) in [6, 6.07) is 1.74. The first-order valence-electron chi connectivity index (χ1n) is 4.63. The molecule has 0 aromatic carbocycles. The summed E-state index contributed by atoms with van der Waals surface area (Å²) in [7, 11) is 3.96. The molecular weight excluding hydrogens is 182 g/mol. The van der Waals surface area contributed by atoms with E-state index in [-0.39, 0.29) is 0 Å².